The molecule has 1 aliphatic carbocycles. The van der Waals surface area contributed by atoms with Gasteiger partial charge in [-0.25, -0.2) is 0 Å². The number of unbranched alkanes of at least 4 members (excludes halogenated alkanes) is 3. The number of benzene rings is 1. The van der Waals surface area contributed by atoms with Gasteiger partial charge in [0.05, 0.1) is 19.3 Å². The number of methoxy groups -OCH3 is 1. The molecule has 0 spiro atoms. The maximum atomic E-state index is 12.3. The van der Waals surface area contributed by atoms with Gasteiger partial charge in [0.25, 0.3) is 0 Å². The van der Waals surface area contributed by atoms with Crippen LogP contribution in [0.15, 0.2) is 24.3 Å². The Hall–Kier alpha value is -1.77. The Morgan fingerprint density at radius 3 is 2.50 bits per heavy atom. The first kappa shape index (κ1) is 24.5. The molecule has 2 rings (SSSR count). The number of aliphatic hydroxyl groups excluding tert-OH is 2. The Morgan fingerprint density at radius 2 is 1.83 bits per heavy atom. The van der Waals surface area contributed by atoms with Gasteiger partial charge in [-0.3, -0.25) is 9.59 Å². The number of aliphatic carboxylic acids is 1. The van der Waals surface area contributed by atoms with Gasteiger partial charge in [0, 0.05) is 29.8 Å². The van der Waals surface area contributed by atoms with Crippen LogP contribution < -0.4 is 9.47 Å². The second-order valence-electron chi connectivity index (χ2n) is 7.63. The van der Waals surface area contributed by atoms with Crippen LogP contribution >= 0.6 is 11.8 Å². The lowest BCUT2D eigenvalue weighted by Crippen LogP contribution is -2.28. The van der Waals surface area contributed by atoms with E-state index in [4.69, 9.17) is 14.6 Å². The Kier molecular flexibility index (Phi) is 10.5. The fourth-order valence-corrected chi connectivity index (χ4v) is 4.99. The molecule has 8 heteroatoms. The molecule has 1 aromatic rings. The van der Waals surface area contributed by atoms with Gasteiger partial charge in [0.2, 0.25) is 0 Å². The number of rotatable bonds is 14. The van der Waals surface area contributed by atoms with Crippen molar-refractivity contribution in [2.45, 2.75) is 62.4 Å². The highest BCUT2D eigenvalue weighted by Crippen LogP contribution is 2.36. The number of aliphatic hydroxyl groups is 2. The molecule has 1 saturated carbocycles. The number of carbonyl (C=O) groups is 2. The van der Waals surface area contributed by atoms with Gasteiger partial charge >= 0.3 is 5.97 Å². The molecule has 1 fully saturated rings. The molecule has 0 saturated heterocycles. The van der Waals surface area contributed by atoms with Crippen LogP contribution in [-0.4, -0.2) is 64.0 Å². The van der Waals surface area contributed by atoms with E-state index in [0.29, 0.717) is 24.3 Å². The molecule has 4 atom stereocenters. The number of ether oxygens (including phenoxy) is 2. The SMILES string of the molecule is COc1ccc(OCC(O)CS[C@H]2C(O)CC(=O)[C@@H]2CCCCCCC(=O)O)cc1. The molecule has 168 valence electrons. The predicted molar refractivity (Wildman–Crippen MR) is 115 cm³/mol. The number of carboxylic acid groups (broad SMARTS) is 1. The van der Waals surface area contributed by atoms with Crippen molar-refractivity contribution in [1.29, 1.82) is 0 Å². The molecule has 0 radical (unpaired) electrons. The van der Waals surface area contributed by atoms with Crippen molar-refractivity contribution in [3.63, 3.8) is 0 Å². The normalized spacial score (nSPS) is 22.1. The fourth-order valence-electron chi connectivity index (χ4n) is 3.61. The molecular weight excluding hydrogens is 408 g/mol. The summed E-state index contributed by atoms with van der Waals surface area (Å²) >= 11 is 1.43. The smallest absolute Gasteiger partial charge is 0.303 e. The average molecular weight is 441 g/mol. The Labute approximate surface area is 181 Å². The summed E-state index contributed by atoms with van der Waals surface area (Å²) in [6.07, 6.45) is 2.83. The maximum absolute atomic E-state index is 12.3. The van der Waals surface area contributed by atoms with E-state index < -0.39 is 18.2 Å². The van der Waals surface area contributed by atoms with Crippen LogP contribution in [0.2, 0.25) is 0 Å². The summed E-state index contributed by atoms with van der Waals surface area (Å²) in [4.78, 5) is 22.8. The first-order chi connectivity index (χ1) is 14.4. The summed E-state index contributed by atoms with van der Waals surface area (Å²) < 4.78 is 10.7. The van der Waals surface area contributed by atoms with Crippen LogP contribution in [0.3, 0.4) is 0 Å². The second-order valence-corrected chi connectivity index (χ2v) is 8.84. The van der Waals surface area contributed by atoms with E-state index in [0.717, 1.165) is 25.0 Å². The highest BCUT2D eigenvalue weighted by Gasteiger charge is 2.41. The van der Waals surface area contributed by atoms with Crippen LogP contribution in [0.1, 0.15) is 44.9 Å². The Morgan fingerprint density at radius 1 is 1.17 bits per heavy atom. The molecule has 3 N–H and O–H groups in total. The first-order valence-corrected chi connectivity index (χ1v) is 11.4. The zero-order valence-electron chi connectivity index (χ0n) is 17.4. The van der Waals surface area contributed by atoms with Gasteiger partial charge in [-0.15, -0.1) is 0 Å². The van der Waals surface area contributed by atoms with Gasteiger partial charge in [-0.05, 0) is 37.1 Å². The minimum atomic E-state index is -0.782. The third kappa shape index (κ3) is 8.16. The van der Waals surface area contributed by atoms with Crippen molar-refractivity contribution in [3.8, 4) is 11.5 Å². The lowest BCUT2D eigenvalue weighted by atomic mass is 9.98. The maximum Gasteiger partial charge on any atom is 0.303 e. The van der Waals surface area contributed by atoms with Gasteiger partial charge in [-0.1, -0.05) is 19.3 Å². The molecule has 0 aromatic heterocycles. The minimum absolute atomic E-state index is 0.0782. The zero-order valence-corrected chi connectivity index (χ0v) is 18.2. The van der Waals surface area contributed by atoms with E-state index in [-0.39, 0.29) is 36.4 Å². The summed E-state index contributed by atoms with van der Waals surface area (Å²) in [5, 5.41) is 29.0. The minimum Gasteiger partial charge on any atom is -0.497 e. The lowest BCUT2D eigenvalue weighted by Gasteiger charge is -2.22. The van der Waals surface area contributed by atoms with E-state index in [1.807, 2.05) is 0 Å². The number of hydrogen-bond acceptors (Lipinski definition) is 7. The van der Waals surface area contributed by atoms with E-state index in [1.165, 1.54) is 11.8 Å². The topological polar surface area (TPSA) is 113 Å². The summed E-state index contributed by atoms with van der Waals surface area (Å²) in [7, 11) is 1.59. The highest BCUT2D eigenvalue weighted by atomic mass is 32.2. The summed E-state index contributed by atoms with van der Waals surface area (Å²) in [6.45, 7) is 0.129. The highest BCUT2D eigenvalue weighted by molar-refractivity contribution is 8.00. The molecule has 0 bridgehead atoms. The van der Waals surface area contributed by atoms with Gasteiger partial charge in [-0.2, -0.15) is 11.8 Å². The van der Waals surface area contributed by atoms with Crippen molar-refractivity contribution in [2.24, 2.45) is 5.92 Å². The summed E-state index contributed by atoms with van der Waals surface area (Å²) in [5.74, 6) is 0.826. The molecule has 1 aliphatic rings. The number of hydrogen-bond donors (Lipinski definition) is 3. The van der Waals surface area contributed by atoms with Crippen molar-refractivity contribution in [3.05, 3.63) is 24.3 Å². The number of carboxylic acids is 1. The number of Topliss-reactive ketones (excluding diaryl/α,β-unsaturated/α-hetero) is 1. The molecule has 7 nitrogen and oxygen atoms in total. The third-order valence-electron chi connectivity index (χ3n) is 5.24. The third-order valence-corrected chi connectivity index (χ3v) is 6.84. The second kappa shape index (κ2) is 12.8. The standard InChI is InChI=1S/C22H32O7S/c1-28-16-8-10-17(11-9-16)29-13-15(23)14-30-22-18(19(24)12-20(22)25)6-4-2-3-5-7-21(26)27/h8-11,15,18,20,22-23,25H,2-7,12-14H2,1H3,(H,26,27)/t15?,18-,20?,22+/m0/s1. The quantitative estimate of drug-likeness (QED) is 0.379. The molecule has 30 heavy (non-hydrogen) atoms. The number of ketones is 1. The van der Waals surface area contributed by atoms with Crippen molar-refractivity contribution >= 4 is 23.5 Å². The van der Waals surface area contributed by atoms with Crippen LogP contribution in [0.25, 0.3) is 0 Å². The molecule has 1 aromatic carbocycles. The van der Waals surface area contributed by atoms with E-state index in [2.05, 4.69) is 0 Å². The van der Waals surface area contributed by atoms with E-state index in [9.17, 15) is 19.8 Å². The van der Waals surface area contributed by atoms with Crippen LogP contribution in [-0.2, 0) is 9.59 Å². The van der Waals surface area contributed by atoms with Crippen LogP contribution in [0.5, 0.6) is 11.5 Å². The molecule has 0 heterocycles. The monoisotopic (exact) mass is 440 g/mol. The largest absolute Gasteiger partial charge is 0.497 e. The number of thioether (sulfide) groups is 1. The van der Waals surface area contributed by atoms with Crippen molar-refractivity contribution < 1.29 is 34.4 Å². The van der Waals surface area contributed by atoms with E-state index in [1.54, 1.807) is 31.4 Å². The average Bonchev–Trinajstić information content (AvgIpc) is 2.99. The fraction of sp³-hybridized carbons (Fsp3) is 0.636. The van der Waals surface area contributed by atoms with E-state index >= 15 is 0 Å². The van der Waals surface area contributed by atoms with Crippen LogP contribution in [0.4, 0.5) is 0 Å². The Balaban J connectivity index is 1.71. The van der Waals surface area contributed by atoms with Gasteiger partial charge in [0.15, 0.2) is 0 Å². The van der Waals surface area contributed by atoms with Crippen molar-refractivity contribution in [1.82, 2.24) is 0 Å². The molecule has 2 unspecified atom stereocenters. The van der Waals surface area contributed by atoms with Crippen molar-refractivity contribution in [2.75, 3.05) is 19.5 Å². The molecular formula is C22H32O7S. The molecule has 0 amide bonds. The lowest BCUT2D eigenvalue weighted by molar-refractivity contribution is -0.137. The molecule has 0 aliphatic heterocycles. The van der Waals surface area contributed by atoms with Crippen LogP contribution in [0, 0.1) is 5.92 Å². The zero-order chi connectivity index (χ0) is 21.9. The number of carbonyl (C=O) groups excluding carboxylic acids is 1. The predicted octanol–water partition coefficient (Wildman–Crippen LogP) is 2.91. The Bertz CT molecular complexity index is 664. The summed E-state index contributed by atoms with van der Waals surface area (Å²) in [6, 6.07) is 7.10. The summed E-state index contributed by atoms with van der Waals surface area (Å²) in [5.41, 5.74) is 0. The van der Waals surface area contributed by atoms with Gasteiger partial charge in [0.1, 0.15) is 23.9 Å². The first-order valence-electron chi connectivity index (χ1n) is 10.4. The van der Waals surface area contributed by atoms with Gasteiger partial charge < -0.3 is 24.8 Å².